The van der Waals surface area contributed by atoms with E-state index in [-0.39, 0.29) is 0 Å². The maximum atomic E-state index is 5.33. The van der Waals surface area contributed by atoms with E-state index in [9.17, 15) is 0 Å². The summed E-state index contributed by atoms with van der Waals surface area (Å²) in [4.78, 5) is 2.58. The van der Waals surface area contributed by atoms with E-state index in [4.69, 9.17) is 4.74 Å². The van der Waals surface area contributed by atoms with Crippen LogP contribution < -0.4 is 5.32 Å². The fourth-order valence-electron chi connectivity index (χ4n) is 2.84. The van der Waals surface area contributed by atoms with E-state index in [1.165, 1.54) is 25.1 Å². The van der Waals surface area contributed by atoms with Crippen molar-refractivity contribution in [3.05, 3.63) is 35.9 Å². The quantitative estimate of drug-likeness (QED) is 0.701. The van der Waals surface area contributed by atoms with Gasteiger partial charge in [-0.05, 0) is 44.3 Å². The van der Waals surface area contributed by atoms with E-state index in [2.05, 4.69) is 40.5 Å². The fourth-order valence-corrected chi connectivity index (χ4v) is 2.84. The van der Waals surface area contributed by atoms with Crippen LogP contribution in [0.4, 0.5) is 0 Å². The van der Waals surface area contributed by atoms with Gasteiger partial charge in [-0.2, -0.15) is 0 Å². The Balaban J connectivity index is 1.55. The molecule has 1 aliphatic rings. The molecule has 1 heterocycles. The molecule has 0 bridgehead atoms. The number of likely N-dealkylation sites (tertiary alicyclic amines) is 1. The van der Waals surface area contributed by atoms with Crippen molar-refractivity contribution in [2.75, 3.05) is 45.9 Å². The monoisotopic (exact) mass is 276 g/mol. The number of hydrogen-bond donors (Lipinski definition) is 1. The molecule has 2 rings (SSSR count). The molecule has 1 unspecified atom stereocenters. The summed E-state index contributed by atoms with van der Waals surface area (Å²) in [5.74, 6) is 0.731. The van der Waals surface area contributed by atoms with Crippen molar-refractivity contribution < 1.29 is 4.74 Å². The Morgan fingerprint density at radius 2 is 2.10 bits per heavy atom. The smallest absolute Gasteiger partial charge is 0.0477 e. The van der Waals surface area contributed by atoms with Gasteiger partial charge in [0.1, 0.15) is 0 Å². The summed E-state index contributed by atoms with van der Waals surface area (Å²) in [7, 11) is 0. The first kappa shape index (κ1) is 15.5. The Bertz CT molecular complexity index is 355. The Morgan fingerprint density at radius 3 is 2.90 bits per heavy atom. The van der Waals surface area contributed by atoms with Gasteiger partial charge in [-0.15, -0.1) is 0 Å². The second-order valence-electron chi connectivity index (χ2n) is 5.50. The van der Waals surface area contributed by atoms with Crippen molar-refractivity contribution in [3.63, 3.8) is 0 Å². The van der Waals surface area contributed by atoms with Crippen molar-refractivity contribution in [3.8, 4) is 0 Å². The Labute approximate surface area is 123 Å². The molecule has 1 saturated heterocycles. The Kier molecular flexibility index (Phi) is 7.06. The second kappa shape index (κ2) is 9.11. The van der Waals surface area contributed by atoms with Crippen LogP contribution in [0.15, 0.2) is 30.3 Å². The molecule has 1 aliphatic heterocycles. The van der Waals surface area contributed by atoms with Crippen LogP contribution in [0.1, 0.15) is 31.2 Å². The van der Waals surface area contributed by atoms with E-state index >= 15 is 0 Å². The van der Waals surface area contributed by atoms with E-state index < -0.39 is 0 Å². The van der Waals surface area contributed by atoms with Gasteiger partial charge in [0.2, 0.25) is 0 Å². The highest BCUT2D eigenvalue weighted by atomic mass is 16.5. The van der Waals surface area contributed by atoms with E-state index in [0.29, 0.717) is 0 Å². The predicted molar refractivity (Wildman–Crippen MR) is 84.2 cm³/mol. The van der Waals surface area contributed by atoms with Gasteiger partial charge in [0.15, 0.2) is 0 Å². The number of ether oxygens (including phenoxy) is 1. The lowest BCUT2D eigenvalue weighted by molar-refractivity contribution is 0.144. The molecule has 0 saturated carbocycles. The van der Waals surface area contributed by atoms with Crippen molar-refractivity contribution >= 4 is 0 Å². The van der Waals surface area contributed by atoms with Gasteiger partial charge in [-0.25, -0.2) is 0 Å². The molecule has 0 aromatic heterocycles. The lowest BCUT2D eigenvalue weighted by Gasteiger charge is -2.16. The maximum absolute atomic E-state index is 5.33. The number of rotatable bonds is 9. The summed E-state index contributed by atoms with van der Waals surface area (Å²) in [6, 6.07) is 10.9. The minimum Gasteiger partial charge on any atom is -0.382 e. The molecule has 0 radical (unpaired) electrons. The third-order valence-electron chi connectivity index (χ3n) is 3.99. The highest BCUT2D eigenvalue weighted by Gasteiger charge is 2.22. The predicted octanol–water partition coefficient (Wildman–Crippen LogP) is 2.49. The average Bonchev–Trinajstić information content (AvgIpc) is 2.96. The van der Waals surface area contributed by atoms with Gasteiger partial charge >= 0.3 is 0 Å². The second-order valence-corrected chi connectivity index (χ2v) is 5.50. The van der Waals surface area contributed by atoms with Crippen LogP contribution in [0.25, 0.3) is 0 Å². The standard InChI is InChI=1S/C17H28N2O/c1-2-20-14-6-10-18-11-13-19-12-9-17(15-19)16-7-4-3-5-8-16/h3-5,7-8,17-18H,2,6,9-15H2,1H3. The van der Waals surface area contributed by atoms with Gasteiger partial charge in [-0.1, -0.05) is 30.3 Å². The van der Waals surface area contributed by atoms with E-state index in [0.717, 1.165) is 45.2 Å². The lowest BCUT2D eigenvalue weighted by Crippen LogP contribution is -2.31. The number of nitrogens with one attached hydrogen (secondary N) is 1. The first-order valence-electron chi connectivity index (χ1n) is 7.96. The van der Waals surface area contributed by atoms with E-state index in [1.54, 1.807) is 0 Å². The molecule has 20 heavy (non-hydrogen) atoms. The summed E-state index contributed by atoms with van der Waals surface area (Å²) in [5.41, 5.74) is 1.50. The molecule has 1 atom stereocenters. The molecular weight excluding hydrogens is 248 g/mol. The lowest BCUT2D eigenvalue weighted by atomic mass is 9.99. The van der Waals surface area contributed by atoms with Gasteiger partial charge in [0.25, 0.3) is 0 Å². The minimum atomic E-state index is 0.731. The maximum Gasteiger partial charge on any atom is 0.0477 e. The molecule has 1 N–H and O–H groups in total. The molecule has 0 spiro atoms. The van der Waals surface area contributed by atoms with Gasteiger partial charge < -0.3 is 15.0 Å². The fraction of sp³-hybridized carbons (Fsp3) is 0.647. The highest BCUT2D eigenvalue weighted by molar-refractivity contribution is 5.20. The minimum absolute atomic E-state index is 0.731. The van der Waals surface area contributed by atoms with Gasteiger partial charge in [0.05, 0.1) is 0 Å². The molecule has 0 amide bonds. The summed E-state index contributed by atoms with van der Waals surface area (Å²) < 4.78 is 5.33. The normalized spacial score (nSPS) is 19.6. The van der Waals surface area contributed by atoms with Crippen molar-refractivity contribution in [1.82, 2.24) is 10.2 Å². The summed E-state index contributed by atoms with van der Waals surface area (Å²) in [5, 5.41) is 3.50. The third kappa shape index (κ3) is 5.23. The Morgan fingerprint density at radius 1 is 1.25 bits per heavy atom. The summed E-state index contributed by atoms with van der Waals surface area (Å²) >= 11 is 0. The summed E-state index contributed by atoms with van der Waals surface area (Å²) in [6.07, 6.45) is 2.41. The zero-order valence-electron chi connectivity index (χ0n) is 12.7. The van der Waals surface area contributed by atoms with Crippen molar-refractivity contribution in [2.24, 2.45) is 0 Å². The van der Waals surface area contributed by atoms with Crippen LogP contribution in [0, 0.1) is 0 Å². The van der Waals surface area contributed by atoms with Crippen LogP contribution in [0.5, 0.6) is 0 Å². The topological polar surface area (TPSA) is 24.5 Å². The first-order chi connectivity index (χ1) is 9.90. The van der Waals surface area contributed by atoms with E-state index in [1.807, 2.05) is 6.92 Å². The van der Waals surface area contributed by atoms with Crippen LogP contribution >= 0.6 is 0 Å². The number of hydrogen-bond acceptors (Lipinski definition) is 3. The molecule has 1 fully saturated rings. The van der Waals surface area contributed by atoms with Crippen LogP contribution in [-0.2, 0) is 4.74 Å². The number of nitrogens with zero attached hydrogens (tertiary/aromatic N) is 1. The Hall–Kier alpha value is -0.900. The molecular formula is C17H28N2O. The zero-order valence-corrected chi connectivity index (χ0v) is 12.7. The largest absolute Gasteiger partial charge is 0.382 e. The van der Waals surface area contributed by atoms with Crippen molar-refractivity contribution in [1.29, 1.82) is 0 Å². The van der Waals surface area contributed by atoms with Crippen LogP contribution in [0.2, 0.25) is 0 Å². The molecule has 1 aromatic rings. The average molecular weight is 276 g/mol. The van der Waals surface area contributed by atoms with Crippen LogP contribution in [0.3, 0.4) is 0 Å². The van der Waals surface area contributed by atoms with Gasteiger partial charge in [0, 0.05) is 32.8 Å². The van der Waals surface area contributed by atoms with Crippen LogP contribution in [-0.4, -0.2) is 50.8 Å². The molecule has 3 nitrogen and oxygen atoms in total. The summed E-state index contributed by atoms with van der Waals surface area (Å²) in [6.45, 7) is 9.52. The molecule has 3 heteroatoms. The van der Waals surface area contributed by atoms with Gasteiger partial charge in [-0.3, -0.25) is 0 Å². The third-order valence-corrected chi connectivity index (χ3v) is 3.99. The first-order valence-corrected chi connectivity index (χ1v) is 7.96. The molecule has 112 valence electrons. The number of benzene rings is 1. The molecule has 0 aliphatic carbocycles. The SMILES string of the molecule is CCOCCCNCCN1CCC(c2ccccc2)C1. The highest BCUT2D eigenvalue weighted by Crippen LogP contribution is 2.26. The molecule has 1 aromatic carbocycles. The van der Waals surface area contributed by atoms with Crippen molar-refractivity contribution in [2.45, 2.75) is 25.7 Å². The zero-order chi connectivity index (χ0) is 14.0.